The van der Waals surface area contributed by atoms with E-state index in [-0.39, 0.29) is 18.1 Å². The number of nitrogens with zero attached hydrogens (tertiary/aromatic N) is 1. The van der Waals surface area contributed by atoms with Crippen molar-refractivity contribution in [1.29, 1.82) is 0 Å². The first-order chi connectivity index (χ1) is 10.4. The summed E-state index contributed by atoms with van der Waals surface area (Å²) in [5, 5.41) is 39.4. The first kappa shape index (κ1) is 17.7. The van der Waals surface area contributed by atoms with E-state index in [9.17, 15) is 29.7 Å². The Morgan fingerprint density at radius 3 is 2.45 bits per heavy atom. The molecule has 0 aliphatic carbocycles. The van der Waals surface area contributed by atoms with Crippen molar-refractivity contribution in [3.8, 4) is 0 Å². The fourth-order valence-corrected chi connectivity index (χ4v) is 1.53. The third-order valence-electron chi connectivity index (χ3n) is 2.65. The zero-order chi connectivity index (χ0) is 16.7. The fourth-order valence-electron chi connectivity index (χ4n) is 1.53. The number of anilines is 1. The topological polar surface area (TPSA) is 188 Å². The van der Waals surface area contributed by atoms with Crippen molar-refractivity contribution in [2.24, 2.45) is 4.99 Å². The molecule has 0 spiro atoms. The summed E-state index contributed by atoms with van der Waals surface area (Å²) in [5.74, 6) is -0.184. The maximum atomic E-state index is 11.6. The van der Waals surface area contributed by atoms with E-state index in [1.807, 2.05) is 4.98 Å². The number of aldehydes is 1. The van der Waals surface area contributed by atoms with Gasteiger partial charge in [0.25, 0.3) is 5.56 Å². The van der Waals surface area contributed by atoms with Crippen LogP contribution in [0.15, 0.2) is 14.6 Å². The number of aliphatic hydroxyl groups excluding tert-OH is 4. The summed E-state index contributed by atoms with van der Waals surface area (Å²) in [4.78, 5) is 40.7. The third-order valence-corrected chi connectivity index (χ3v) is 2.65. The molecule has 0 saturated heterocycles. The van der Waals surface area contributed by atoms with Gasteiger partial charge in [0.1, 0.15) is 18.0 Å². The lowest BCUT2D eigenvalue weighted by Crippen LogP contribution is -2.43. The van der Waals surface area contributed by atoms with Crippen LogP contribution < -0.4 is 16.6 Å². The average Bonchev–Trinajstić information content (AvgIpc) is 2.49. The van der Waals surface area contributed by atoms with Crippen LogP contribution in [0.3, 0.4) is 0 Å². The van der Waals surface area contributed by atoms with Crippen molar-refractivity contribution >= 4 is 24.0 Å². The van der Waals surface area contributed by atoms with E-state index in [1.165, 1.54) is 0 Å². The molecule has 22 heavy (non-hydrogen) atoms. The van der Waals surface area contributed by atoms with Crippen LogP contribution in [0.4, 0.5) is 11.5 Å². The van der Waals surface area contributed by atoms with Crippen LogP contribution in [0.2, 0.25) is 0 Å². The zero-order valence-corrected chi connectivity index (χ0v) is 11.3. The van der Waals surface area contributed by atoms with Crippen LogP contribution in [0.1, 0.15) is 0 Å². The van der Waals surface area contributed by atoms with E-state index in [0.717, 1.165) is 6.21 Å². The molecule has 7 N–H and O–H groups in total. The predicted octanol–water partition coefficient (Wildman–Crippen LogP) is -3.55. The second kappa shape index (κ2) is 8.19. The lowest BCUT2D eigenvalue weighted by molar-refractivity contribution is -0.102. The average molecular weight is 316 g/mol. The molecular weight excluding hydrogens is 300 g/mol. The summed E-state index contributed by atoms with van der Waals surface area (Å²) in [6.07, 6.45) is -3.59. The Kier molecular flexibility index (Phi) is 6.59. The van der Waals surface area contributed by atoms with Crippen LogP contribution in [0.25, 0.3) is 0 Å². The van der Waals surface area contributed by atoms with Gasteiger partial charge in [-0.1, -0.05) is 0 Å². The molecule has 11 nitrogen and oxygen atoms in total. The highest BCUT2D eigenvalue weighted by Crippen LogP contribution is 2.14. The minimum atomic E-state index is -1.65. The second-order valence-electron chi connectivity index (χ2n) is 4.23. The fraction of sp³-hybridized carbons (Fsp3) is 0.455. The number of aromatic amines is 2. The number of aliphatic hydroxyl groups is 4. The number of hydrogen-bond donors (Lipinski definition) is 7. The van der Waals surface area contributed by atoms with E-state index >= 15 is 0 Å². The lowest BCUT2D eigenvalue weighted by Gasteiger charge is -2.22. The molecule has 1 aromatic heterocycles. The van der Waals surface area contributed by atoms with E-state index in [1.54, 1.807) is 0 Å². The molecule has 1 heterocycles. The van der Waals surface area contributed by atoms with Gasteiger partial charge in [-0.15, -0.1) is 0 Å². The van der Waals surface area contributed by atoms with E-state index < -0.39 is 36.2 Å². The molecule has 1 rings (SSSR count). The van der Waals surface area contributed by atoms with Gasteiger partial charge in [0.15, 0.2) is 12.0 Å². The number of aromatic nitrogens is 2. The molecule has 0 radical (unpaired) electrons. The van der Waals surface area contributed by atoms with Crippen molar-refractivity contribution in [3.05, 3.63) is 20.8 Å². The number of H-pyrrole nitrogens is 2. The molecule has 1 aromatic rings. The lowest BCUT2D eigenvalue weighted by atomic mass is 10.1. The molecule has 0 bridgehead atoms. The van der Waals surface area contributed by atoms with Crippen LogP contribution in [0.5, 0.6) is 0 Å². The van der Waals surface area contributed by atoms with Crippen molar-refractivity contribution < 1.29 is 25.2 Å². The molecule has 0 fully saturated rings. The van der Waals surface area contributed by atoms with E-state index in [4.69, 9.17) is 5.11 Å². The normalized spacial score (nSPS) is 15.5. The Hall–Kier alpha value is -2.34. The van der Waals surface area contributed by atoms with Crippen LogP contribution in [-0.2, 0) is 4.79 Å². The Morgan fingerprint density at radius 2 is 1.86 bits per heavy atom. The maximum Gasteiger partial charge on any atom is 0.327 e. The maximum absolute atomic E-state index is 11.6. The van der Waals surface area contributed by atoms with Gasteiger partial charge >= 0.3 is 5.69 Å². The Morgan fingerprint density at radius 1 is 1.18 bits per heavy atom. The number of carbonyl (C=O) groups is 1. The summed E-state index contributed by atoms with van der Waals surface area (Å²) in [5.41, 5.74) is -2.02. The van der Waals surface area contributed by atoms with E-state index in [0.29, 0.717) is 6.29 Å². The largest absolute Gasteiger partial charge is 0.394 e. The first-order valence-electron chi connectivity index (χ1n) is 6.14. The van der Waals surface area contributed by atoms with Gasteiger partial charge in [0.2, 0.25) is 0 Å². The Labute approximate surface area is 123 Å². The second-order valence-corrected chi connectivity index (χ2v) is 4.23. The smallest absolute Gasteiger partial charge is 0.327 e. The van der Waals surface area contributed by atoms with Gasteiger partial charge in [0, 0.05) is 6.54 Å². The summed E-state index contributed by atoms with van der Waals surface area (Å²) in [6, 6.07) is 0. The molecule has 0 saturated carbocycles. The number of carbonyl (C=O) groups excluding carboxylic acids is 1. The van der Waals surface area contributed by atoms with Crippen molar-refractivity contribution in [2.75, 3.05) is 18.5 Å². The van der Waals surface area contributed by atoms with Crippen LogP contribution in [-0.4, -0.2) is 74.4 Å². The van der Waals surface area contributed by atoms with Gasteiger partial charge in [-0.25, -0.2) is 9.79 Å². The monoisotopic (exact) mass is 316 g/mol. The predicted molar refractivity (Wildman–Crippen MR) is 75.5 cm³/mol. The summed E-state index contributed by atoms with van der Waals surface area (Å²) in [7, 11) is 0. The molecule has 0 unspecified atom stereocenters. The van der Waals surface area contributed by atoms with Crippen molar-refractivity contribution in [3.63, 3.8) is 0 Å². The number of aliphatic imine (C=N–C) groups is 1. The molecule has 0 aromatic carbocycles. The molecule has 3 atom stereocenters. The summed E-state index contributed by atoms with van der Waals surface area (Å²) in [6.45, 7) is -1.13. The minimum Gasteiger partial charge on any atom is -0.394 e. The SMILES string of the molecule is O=C/C=N/c1c(NC[C@H](O)[C@H](O)[C@H](O)CO)[nH]c(=O)[nH]c1=O. The Balaban J connectivity index is 2.93. The van der Waals surface area contributed by atoms with Crippen LogP contribution >= 0.6 is 0 Å². The molecule has 11 heteroatoms. The summed E-state index contributed by atoms with van der Waals surface area (Å²) < 4.78 is 0. The van der Waals surface area contributed by atoms with Gasteiger partial charge in [-0.3, -0.25) is 19.6 Å². The highest BCUT2D eigenvalue weighted by atomic mass is 16.4. The van der Waals surface area contributed by atoms with Gasteiger partial charge in [-0.05, 0) is 0 Å². The molecular formula is C11H16N4O7. The van der Waals surface area contributed by atoms with Gasteiger partial charge in [-0.2, -0.15) is 0 Å². The minimum absolute atomic E-state index is 0.184. The molecule has 0 aliphatic heterocycles. The van der Waals surface area contributed by atoms with Crippen molar-refractivity contribution in [1.82, 2.24) is 9.97 Å². The number of nitrogens with one attached hydrogen (secondary N) is 3. The highest BCUT2D eigenvalue weighted by Gasteiger charge is 2.24. The Bertz CT molecular complexity index is 638. The van der Waals surface area contributed by atoms with Crippen molar-refractivity contribution in [2.45, 2.75) is 18.3 Å². The number of hydrogen-bond acceptors (Lipinski definition) is 9. The van der Waals surface area contributed by atoms with Gasteiger partial charge < -0.3 is 25.7 Å². The third kappa shape index (κ3) is 4.60. The quantitative estimate of drug-likeness (QED) is 0.189. The standard InChI is InChI=1S/C11H16N4O7/c16-2-1-12-7-9(14-11(22)15-10(7)21)13-3-5(18)8(20)6(19)4-17/h1-2,5-6,8,17-20H,3-4H2,(H3,13,14,15,21,22)/b12-1+/t5-,6+,8-/m0/s1. The van der Waals surface area contributed by atoms with Crippen LogP contribution in [0, 0.1) is 0 Å². The first-order valence-corrected chi connectivity index (χ1v) is 6.14. The van der Waals surface area contributed by atoms with E-state index in [2.05, 4.69) is 15.3 Å². The molecule has 0 amide bonds. The highest BCUT2D eigenvalue weighted by molar-refractivity contribution is 6.13. The summed E-state index contributed by atoms with van der Waals surface area (Å²) >= 11 is 0. The zero-order valence-electron chi connectivity index (χ0n) is 11.3. The van der Waals surface area contributed by atoms with Gasteiger partial charge in [0.05, 0.1) is 18.9 Å². The number of rotatable bonds is 8. The molecule has 0 aliphatic rings. The molecule has 122 valence electrons.